The molecule has 1 aromatic carbocycles. The summed E-state index contributed by atoms with van der Waals surface area (Å²) < 4.78 is 33.2. The lowest BCUT2D eigenvalue weighted by molar-refractivity contribution is -0.141. The van der Waals surface area contributed by atoms with Gasteiger partial charge >= 0.3 is 0 Å². The van der Waals surface area contributed by atoms with Crippen LogP contribution in [0.15, 0.2) is 23.1 Å². The molecule has 0 radical (unpaired) electrons. The quantitative estimate of drug-likeness (QED) is 0.826. The van der Waals surface area contributed by atoms with Crippen LogP contribution in [0, 0.1) is 6.92 Å². The van der Waals surface area contributed by atoms with Gasteiger partial charge in [-0.15, -0.1) is 10.2 Å². The number of carbonyl (C=O) groups is 1. The number of nitrogens with zero attached hydrogens (tertiary/aromatic N) is 3. The number of amides is 1. The van der Waals surface area contributed by atoms with Crippen LogP contribution in [-0.2, 0) is 32.5 Å². The summed E-state index contributed by atoms with van der Waals surface area (Å²) in [5.41, 5.74) is 1.92. The highest BCUT2D eigenvalue weighted by molar-refractivity contribution is 7.93. The number of sulfonamides is 1. The molecule has 1 saturated heterocycles. The van der Waals surface area contributed by atoms with Gasteiger partial charge in [-0.3, -0.25) is 9.52 Å². The standard InChI is InChI=1S/C17H20N4O4S2/c1-11-18-19-17(26-11)20-27(23,24)14-5-4-12-6-7-21(10-13(12)9-14)16(22)15-3-2-8-25-15/h4-5,9,15H,2-3,6-8,10H2,1H3,(H,19,20)/t15-/m1/s1. The maximum absolute atomic E-state index is 12.6. The number of fused-ring (bicyclic) bond motifs is 1. The Morgan fingerprint density at radius 1 is 1.33 bits per heavy atom. The first-order chi connectivity index (χ1) is 12.9. The van der Waals surface area contributed by atoms with Crippen molar-refractivity contribution < 1.29 is 17.9 Å². The second kappa shape index (κ2) is 7.17. The van der Waals surface area contributed by atoms with Crippen molar-refractivity contribution in [2.45, 2.75) is 43.7 Å². The summed E-state index contributed by atoms with van der Waals surface area (Å²) in [7, 11) is -3.76. The van der Waals surface area contributed by atoms with E-state index >= 15 is 0 Å². The molecular formula is C17H20N4O4S2. The number of carbonyl (C=O) groups excluding carboxylic acids is 1. The summed E-state index contributed by atoms with van der Waals surface area (Å²) >= 11 is 1.18. The molecule has 1 N–H and O–H groups in total. The summed E-state index contributed by atoms with van der Waals surface area (Å²) in [5, 5.41) is 8.54. The fourth-order valence-corrected chi connectivity index (χ4v) is 5.25. The van der Waals surface area contributed by atoms with Crippen molar-refractivity contribution in [2.24, 2.45) is 0 Å². The molecule has 8 nitrogen and oxygen atoms in total. The zero-order chi connectivity index (χ0) is 19.0. The van der Waals surface area contributed by atoms with Gasteiger partial charge in [0.1, 0.15) is 11.1 Å². The minimum Gasteiger partial charge on any atom is -0.368 e. The number of nitrogens with one attached hydrogen (secondary N) is 1. The van der Waals surface area contributed by atoms with Crippen LogP contribution in [-0.4, -0.2) is 48.7 Å². The normalized spacial score (nSPS) is 19.7. The number of aryl methyl sites for hydroxylation is 1. The van der Waals surface area contributed by atoms with Crippen molar-refractivity contribution in [3.05, 3.63) is 34.3 Å². The Bertz CT molecular complexity index is 967. The van der Waals surface area contributed by atoms with Crippen LogP contribution in [0.4, 0.5) is 5.13 Å². The van der Waals surface area contributed by atoms with Gasteiger partial charge in [0.25, 0.3) is 15.9 Å². The lowest BCUT2D eigenvalue weighted by Crippen LogP contribution is -2.42. The van der Waals surface area contributed by atoms with E-state index in [2.05, 4.69) is 14.9 Å². The first-order valence-electron chi connectivity index (χ1n) is 8.77. The zero-order valence-electron chi connectivity index (χ0n) is 14.8. The maximum atomic E-state index is 12.6. The molecule has 0 saturated carbocycles. The smallest absolute Gasteiger partial charge is 0.263 e. The van der Waals surface area contributed by atoms with Gasteiger partial charge in [0, 0.05) is 19.7 Å². The van der Waals surface area contributed by atoms with E-state index in [0.717, 1.165) is 24.0 Å². The molecular weight excluding hydrogens is 388 g/mol. The van der Waals surface area contributed by atoms with Crippen molar-refractivity contribution in [3.8, 4) is 0 Å². The first kappa shape index (κ1) is 18.3. The van der Waals surface area contributed by atoms with Crippen molar-refractivity contribution >= 4 is 32.4 Å². The SMILES string of the molecule is Cc1nnc(NS(=O)(=O)c2ccc3c(c2)CN(C(=O)[C@H]2CCCO2)CC3)s1. The van der Waals surface area contributed by atoms with E-state index < -0.39 is 10.0 Å². The monoisotopic (exact) mass is 408 g/mol. The highest BCUT2D eigenvalue weighted by Crippen LogP contribution is 2.26. The fourth-order valence-electron chi connectivity index (χ4n) is 3.38. The average molecular weight is 409 g/mol. The van der Waals surface area contributed by atoms with E-state index in [4.69, 9.17) is 4.74 Å². The van der Waals surface area contributed by atoms with Crippen LogP contribution in [0.2, 0.25) is 0 Å². The third-order valence-corrected chi connectivity index (χ3v) is 6.98. The third kappa shape index (κ3) is 3.83. The molecule has 0 bridgehead atoms. The lowest BCUT2D eigenvalue weighted by Gasteiger charge is -2.30. The molecule has 1 aromatic heterocycles. The number of hydrogen-bond donors (Lipinski definition) is 1. The van der Waals surface area contributed by atoms with Crippen LogP contribution in [0.25, 0.3) is 0 Å². The van der Waals surface area contributed by atoms with Gasteiger partial charge in [-0.1, -0.05) is 17.4 Å². The summed E-state index contributed by atoms with van der Waals surface area (Å²) in [6, 6.07) is 5.05. The molecule has 1 amide bonds. The Balaban J connectivity index is 1.54. The Morgan fingerprint density at radius 3 is 2.89 bits per heavy atom. The van der Waals surface area contributed by atoms with Crippen LogP contribution >= 0.6 is 11.3 Å². The zero-order valence-corrected chi connectivity index (χ0v) is 16.5. The Kier molecular flexibility index (Phi) is 4.87. The molecule has 144 valence electrons. The van der Waals surface area contributed by atoms with E-state index in [1.54, 1.807) is 24.0 Å². The topological polar surface area (TPSA) is 101 Å². The van der Waals surface area contributed by atoms with Crippen molar-refractivity contribution in [1.82, 2.24) is 15.1 Å². The molecule has 3 heterocycles. The lowest BCUT2D eigenvalue weighted by atomic mass is 9.99. The van der Waals surface area contributed by atoms with Gasteiger partial charge in [-0.05, 0) is 49.4 Å². The minimum atomic E-state index is -3.76. The highest BCUT2D eigenvalue weighted by atomic mass is 32.2. The van der Waals surface area contributed by atoms with Crippen LogP contribution < -0.4 is 4.72 Å². The summed E-state index contributed by atoms with van der Waals surface area (Å²) in [6.45, 7) is 3.41. The third-order valence-electron chi connectivity index (χ3n) is 4.76. The number of rotatable bonds is 4. The van der Waals surface area contributed by atoms with Crippen molar-refractivity contribution in [1.29, 1.82) is 0 Å². The Morgan fingerprint density at radius 2 is 2.19 bits per heavy atom. The summed E-state index contributed by atoms with van der Waals surface area (Å²) in [4.78, 5) is 14.5. The molecule has 2 aromatic rings. The molecule has 2 aliphatic rings. The van der Waals surface area contributed by atoms with Gasteiger partial charge in [-0.25, -0.2) is 8.42 Å². The number of benzene rings is 1. The Hall–Kier alpha value is -2.04. The van der Waals surface area contributed by atoms with Crippen LogP contribution in [0.3, 0.4) is 0 Å². The van der Waals surface area contributed by atoms with Gasteiger partial charge in [0.2, 0.25) is 5.13 Å². The van der Waals surface area contributed by atoms with E-state index in [1.807, 2.05) is 6.07 Å². The van der Waals surface area contributed by atoms with E-state index in [1.165, 1.54) is 11.3 Å². The molecule has 27 heavy (non-hydrogen) atoms. The van der Waals surface area contributed by atoms with Gasteiger partial charge in [0.15, 0.2) is 0 Å². The summed E-state index contributed by atoms with van der Waals surface area (Å²) in [6.07, 6.45) is 2.00. The first-order valence-corrected chi connectivity index (χ1v) is 11.1. The average Bonchev–Trinajstić information content (AvgIpc) is 3.32. The maximum Gasteiger partial charge on any atom is 0.263 e. The van der Waals surface area contributed by atoms with E-state index in [0.29, 0.717) is 31.1 Å². The molecule has 0 unspecified atom stereocenters. The van der Waals surface area contributed by atoms with Crippen LogP contribution in [0.5, 0.6) is 0 Å². The van der Waals surface area contributed by atoms with E-state index in [-0.39, 0.29) is 22.0 Å². The number of ether oxygens (including phenoxy) is 1. The predicted octanol–water partition coefficient (Wildman–Crippen LogP) is 1.71. The second-order valence-corrected chi connectivity index (χ2v) is 9.54. The van der Waals surface area contributed by atoms with Crippen LogP contribution in [0.1, 0.15) is 29.0 Å². The largest absolute Gasteiger partial charge is 0.368 e. The number of anilines is 1. The molecule has 1 fully saturated rings. The van der Waals surface area contributed by atoms with Gasteiger partial charge in [-0.2, -0.15) is 0 Å². The minimum absolute atomic E-state index is 0.00568. The molecule has 10 heteroatoms. The van der Waals surface area contributed by atoms with E-state index in [9.17, 15) is 13.2 Å². The molecule has 0 aliphatic carbocycles. The summed E-state index contributed by atoms with van der Waals surface area (Å²) in [5.74, 6) is -0.00568. The second-order valence-electron chi connectivity index (χ2n) is 6.67. The highest BCUT2D eigenvalue weighted by Gasteiger charge is 2.30. The molecule has 0 spiro atoms. The molecule has 1 atom stereocenters. The number of hydrogen-bond acceptors (Lipinski definition) is 7. The van der Waals surface area contributed by atoms with Crippen molar-refractivity contribution in [2.75, 3.05) is 17.9 Å². The molecule has 2 aliphatic heterocycles. The van der Waals surface area contributed by atoms with Gasteiger partial charge in [0.05, 0.1) is 4.90 Å². The number of aromatic nitrogens is 2. The van der Waals surface area contributed by atoms with Crippen molar-refractivity contribution in [3.63, 3.8) is 0 Å². The fraction of sp³-hybridized carbons (Fsp3) is 0.471. The Labute approximate surface area is 161 Å². The predicted molar refractivity (Wildman–Crippen MR) is 100.0 cm³/mol. The van der Waals surface area contributed by atoms with Gasteiger partial charge < -0.3 is 9.64 Å². The molecule has 4 rings (SSSR count).